The number of thiazole rings is 1. The van der Waals surface area contributed by atoms with Gasteiger partial charge in [0.25, 0.3) is 0 Å². The molecule has 0 spiro atoms. The highest BCUT2D eigenvalue weighted by Gasteiger charge is 2.25. The molecule has 0 bridgehead atoms. The van der Waals surface area contributed by atoms with Crippen molar-refractivity contribution in [2.24, 2.45) is 0 Å². The lowest BCUT2D eigenvalue weighted by Gasteiger charge is -2.11. The van der Waals surface area contributed by atoms with E-state index in [-0.39, 0.29) is 17.3 Å². The SMILES string of the molecule is Cc1ccc2cccc(Nc3ncnc(Nc4nc5c(C)cccc5s4)c3[N+](=O)[O-])c2n1. The molecular formula is C22H17N7O2S. The second kappa shape index (κ2) is 7.82. The van der Waals surface area contributed by atoms with Gasteiger partial charge >= 0.3 is 5.69 Å². The van der Waals surface area contributed by atoms with E-state index in [1.54, 1.807) is 0 Å². The van der Waals surface area contributed by atoms with Crippen LogP contribution in [0.2, 0.25) is 0 Å². The van der Waals surface area contributed by atoms with Crippen molar-refractivity contribution in [3.8, 4) is 0 Å². The molecule has 9 nitrogen and oxygen atoms in total. The van der Waals surface area contributed by atoms with Gasteiger partial charge < -0.3 is 10.6 Å². The number of pyridine rings is 1. The van der Waals surface area contributed by atoms with Gasteiger partial charge in [0.2, 0.25) is 11.6 Å². The molecule has 0 aliphatic carbocycles. The second-order valence-corrected chi connectivity index (χ2v) is 8.23. The van der Waals surface area contributed by atoms with Crippen molar-refractivity contribution < 1.29 is 4.92 Å². The Kier molecular flexibility index (Phi) is 4.83. The average Bonchev–Trinajstić information content (AvgIpc) is 3.18. The van der Waals surface area contributed by atoms with Crippen LogP contribution in [-0.4, -0.2) is 24.9 Å². The van der Waals surface area contributed by atoms with E-state index >= 15 is 0 Å². The topological polar surface area (TPSA) is 119 Å². The molecule has 0 saturated heterocycles. The number of nitrogens with zero attached hydrogens (tertiary/aromatic N) is 5. The van der Waals surface area contributed by atoms with Gasteiger partial charge in [-0.1, -0.05) is 41.7 Å². The fourth-order valence-corrected chi connectivity index (χ4v) is 4.39. The van der Waals surface area contributed by atoms with Crippen LogP contribution in [0.4, 0.5) is 28.1 Å². The summed E-state index contributed by atoms with van der Waals surface area (Å²) in [4.78, 5) is 28.9. The van der Waals surface area contributed by atoms with Crippen molar-refractivity contribution in [3.05, 3.63) is 76.2 Å². The summed E-state index contributed by atoms with van der Waals surface area (Å²) in [5, 5.41) is 19.5. The van der Waals surface area contributed by atoms with Crippen LogP contribution >= 0.6 is 11.3 Å². The normalized spacial score (nSPS) is 11.1. The van der Waals surface area contributed by atoms with Gasteiger partial charge in [-0.15, -0.1) is 0 Å². The maximum Gasteiger partial charge on any atom is 0.353 e. The van der Waals surface area contributed by atoms with Crippen molar-refractivity contribution >= 4 is 60.6 Å². The minimum absolute atomic E-state index is 0.0635. The molecule has 0 saturated carbocycles. The number of nitro groups is 1. The summed E-state index contributed by atoms with van der Waals surface area (Å²) in [5.74, 6) is 0.134. The van der Waals surface area contributed by atoms with Gasteiger partial charge in [-0.05, 0) is 37.6 Å². The summed E-state index contributed by atoms with van der Waals surface area (Å²) >= 11 is 1.40. The molecule has 2 aromatic carbocycles. The Morgan fingerprint density at radius 3 is 2.47 bits per heavy atom. The number of rotatable bonds is 5. The largest absolute Gasteiger partial charge is 0.353 e. The van der Waals surface area contributed by atoms with Crippen molar-refractivity contribution in [1.29, 1.82) is 0 Å². The van der Waals surface area contributed by atoms with Crippen molar-refractivity contribution in [2.45, 2.75) is 13.8 Å². The lowest BCUT2D eigenvalue weighted by Crippen LogP contribution is -2.06. The number of fused-ring (bicyclic) bond motifs is 2. The molecule has 3 heterocycles. The molecule has 32 heavy (non-hydrogen) atoms. The molecule has 2 N–H and O–H groups in total. The molecule has 5 rings (SSSR count). The van der Waals surface area contributed by atoms with Gasteiger partial charge in [-0.3, -0.25) is 15.1 Å². The number of para-hydroxylation sites is 2. The fourth-order valence-electron chi connectivity index (χ4n) is 3.45. The number of hydrogen-bond acceptors (Lipinski definition) is 9. The minimum atomic E-state index is -0.507. The van der Waals surface area contributed by atoms with Crippen LogP contribution in [0.25, 0.3) is 21.1 Å². The van der Waals surface area contributed by atoms with Crippen LogP contribution in [0.5, 0.6) is 0 Å². The highest BCUT2D eigenvalue weighted by Crippen LogP contribution is 2.36. The predicted molar refractivity (Wildman–Crippen MR) is 126 cm³/mol. The van der Waals surface area contributed by atoms with Gasteiger partial charge in [0.05, 0.1) is 26.3 Å². The van der Waals surface area contributed by atoms with Crippen LogP contribution in [-0.2, 0) is 0 Å². The summed E-state index contributed by atoms with van der Waals surface area (Å²) in [6, 6.07) is 15.4. The van der Waals surface area contributed by atoms with Crippen molar-refractivity contribution in [2.75, 3.05) is 10.6 Å². The Labute approximate surface area is 186 Å². The van der Waals surface area contributed by atoms with Gasteiger partial charge in [0.1, 0.15) is 6.33 Å². The average molecular weight is 443 g/mol. The molecule has 0 atom stereocenters. The van der Waals surface area contributed by atoms with Crippen LogP contribution < -0.4 is 10.6 Å². The smallest absolute Gasteiger partial charge is 0.332 e. The van der Waals surface area contributed by atoms with Crippen LogP contribution in [0.15, 0.2) is 54.9 Å². The van der Waals surface area contributed by atoms with E-state index < -0.39 is 4.92 Å². The van der Waals surface area contributed by atoms with E-state index in [1.165, 1.54) is 17.7 Å². The van der Waals surface area contributed by atoms with Gasteiger partial charge in [-0.25, -0.2) is 15.0 Å². The number of anilines is 4. The molecule has 3 aromatic heterocycles. The molecule has 10 heteroatoms. The van der Waals surface area contributed by atoms with Crippen LogP contribution in [0.3, 0.4) is 0 Å². The zero-order valence-corrected chi connectivity index (χ0v) is 18.0. The minimum Gasteiger partial charge on any atom is -0.332 e. The lowest BCUT2D eigenvalue weighted by molar-refractivity contribution is -0.383. The molecular weight excluding hydrogens is 426 g/mol. The van der Waals surface area contributed by atoms with Gasteiger partial charge in [0.15, 0.2) is 5.13 Å². The first kappa shape index (κ1) is 19.8. The number of benzene rings is 2. The maximum absolute atomic E-state index is 12.0. The molecule has 0 aliphatic rings. The predicted octanol–water partition coefficient (Wildman–Crippen LogP) is 5.65. The second-order valence-electron chi connectivity index (χ2n) is 7.20. The Balaban J connectivity index is 1.56. The molecule has 0 radical (unpaired) electrons. The molecule has 0 unspecified atom stereocenters. The van der Waals surface area contributed by atoms with E-state index in [0.717, 1.165) is 26.9 Å². The van der Waals surface area contributed by atoms with E-state index in [1.807, 2.05) is 62.4 Å². The number of aryl methyl sites for hydroxylation is 2. The van der Waals surface area contributed by atoms with Crippen LogP contribution in [0.1, 0.15) is 11.3 Å². The molecule has 158 valence electrons. The molecule has 0 amide bonds. The van der Waals surface area contributed by atoms with Crippen molar-refractivity contribution in [3.63, 3.8) is 0 Å². The van der Waals surface area contributed by atoms with Crippen molar-refractivity contribution in [1.82, 2.24) is 19.9 Å². The third-order valence-electron chi connectivity index (χ3n) is 4.96. The monoisotopic (exact) mass is 443 g/mol. The molecule has 0 fully saturated rings. The first-order chi connectivity index (χ1) is 15.5. The Bertz CT molecular complexity index is 1500. The number of hydrogen-bond donors (Lipinski definition) is 2. The third-order valence-corrected chi connectivity index (χ3v) is 5.90. The zero-order chi connectivity index (χ0) is 22.2. The van der Waals surface area contributed by atoms with Crippen LogP contribution in [0, 0.1) is 24.0 Å². The summed E-state index contributed by atoms with van der Waals surface area (Å²) in [7, 11) is 0. The fraction of sp³-hybridized carbons (Fsp3) is 0.0909. The van der Waals surface area contributed by atoms with E-state index in [9.17, 15) is 10.1 Å². The quantitative estimate of drug-likeness (QED) is 0.264. The summed E-state index contributed by atoms with van der Waals surface area (Å²) in [6.07, 6.45) is 1.28. The first-order valence-corrected chi connectivity index (χ1v) is 10.6. The Morgan fingerprint density at radius 2 is 1.69 bits per heavy atom. The Morgan fingerprint density at radius 1 is 0.906 bits per heavy atom. The number of nitrogens with one attached hydrogen (secondary N) is 2. The van der Waals surface area contributed by atoms with E-state index in [2.05, 4.69) is 30.6 Å². The summed E-state index contributed by atoms with van der Waals surface area (Å²) < 4.78 is 0.986. The maximum atomic E-state index is 12.0. The zero-order valence-electron chi connectivity index (χ0n) is 17.2. The molecule has 5 aromatic rings. The Hall–Kier alpha value is -4.18. The first-order valence-electron chi connectivity index (χ1n) is 9.75. The van der Waals surface area contributed by atoms with Gasteiger partial charge in [0, 0.05) is 11.1 Å². The van der Waals surface area contributed by atoms with E-state index in [4.69, 9.17) is 0 Å². The van der Waals surface area contributed by atoms with Gasteiger partial charge in [-0.2, -0.15) is 0 Å². The lowest BCUT2D eigenvalue weighted by atomic mass is 10.1. The summed E-state index contributed by atoms with van der Waals surface area (Å²) in [6.45, 7) is 3.87. The van der Waals surface area contributed by atoms with E-state index in [0.29, 0.717) is 16.3 Å². The highest BCUT2D eigenvalue weighted by molar-refractivity contribution is 7.22. The third kappa shape index (κ3) is 3.56. The summed E-state index contributed by atoms with van der Waals surface area (Å²) in [5.41, 5.74) is 3.79. The standard InChI is InChI=1S/C22H17N7O2S/c1-12-5-3-8-16-17(12)27-22(32-16)28-21-19(29(30)31)20(23-11-24-21)26-15-7-4-6-14-10-9-13(2)25-18(14)15/h3-11H,1-2H3,(H2,23,24,26,27,28). The highest BCUT2D eigenvalue weighted by atomic mass is 32.1. The molecule has 0 aliphatic heterocycles. The number of aromatic nitrogens is 4.